The highest BCUT2D eigenvalue weighted by molar-refractivity contribution is 8.06. The predicted octanol–water partition coefficient (Wildman–Crippen LogP) is 2.58. The van der Waals surface area contributed by atoms with Crippen molar-refractivity contribution in [3.63, 3.8) is 0 Å². The molecule has 0 aliphatic carbocycles. The van der Waals surface area contributed by atoms with Crippen LogP contribution >= 0.6 is 11.8 Å². The molecule has 25 heavy (non-hydrogen) atoms. The molecule has 1 aliphatic heterocycles. The second-order valence-corrected chi connectivity index (χ2v) is 6.81. The third-order valence-electron chi connectivity index (χ3n) is 4.04. The Balaban J connectivity index is 2.63. The number of nitrogens with zero attached hydrogens (tertiary/aromatic N) is 2. The van der Waals surface area contributed by atoms with Crippen molar-refractivity contribution in [2.75, 3.05) is 0 Å². The smallest absolute Gasteiger partial charge is 0.302 e. The van der Waals surface area contributed by atoms with Gasteiger partial charge in [0.1, 0.15) is 6.61 Å². The van der Waals surface area contributed by atoms with Crippen LogP contribution < -0.4 is 11.5 Å². The van der Waals surface area contributed by atoms with Crippen molar-refractivity contribution in [2.45, 2.75) is 33.3 Å². The van der Waals surface area contributed by atoms with Gasteiger partial charge in [-0.15, -0.1) is 0 Å². The fraction of sp³-hybridized carbons (Fsp3) is 0.278. The Labute approximate surface area is 150 Å². The third kappa shape index (κ3) is 3.62. The van der Waals surface area contributed by atoms with E-state index in [1.807, 2.05) is 26.0 Å². The van der Waals surface area contributed by atoms with Crippen LogP contribution in [0.4, 0.5) is 0 Å². The number of ether oxygens (including phenoxy) is 1. The van der Waals surface area contributed by atoms with Crippen LogP contribution in [0.1, 0.15) is 35.1 Å². The third-order valence-corrected chi connectivity index (χ3v) is 4.92. The van der Waals surface area contributed by atoms with Crippen LogP contribution in [0.25, 0.3) is 0 Å². The molecule has 4 N–H and O–H groups in total. The summed E-state index contributed by atoms with van der Waals surface area (Å²) in [6, 6.07) is 8.00. The number of nitriles is 2. The number of hydrogen-bond acceptors (Lipinski definition) is 7. The van der Waals surface area contributed by atoms with Gasteiger partial charge in [0.2, 0.25) is 0 Å². The van der Waals surface area contributed by atoms with E-state index in [0.29, 0.717) is 21.2 Å². The van der Waals surface area contributed by atoms with Gasteiger partial charge in [0, 0.05) is 6.92 Å². The number of thioether (sulfide) groups is 1. The maximum Gasteiger partial charge on any atom is 0.302 e. The van der Waals surface area contributed by atoms with Crippen LogP contribution in [0.3, 0.4) is 0 Å². The zero-order valence-corrected chi connectivity index (χ0v) is 15.0. The fourth-order valence-corrected chi connectivity index (χ4v) is 3.55. The molecule has 0 bridgehead atoms. The summed E-state index contributed by atoms with van der Waals surface area (Å²) in [5, 5.41) is 19.7. The number of aryl methyl sites for hydroxylation is 2. The minimum atomic E-state index is -0.618. The molecule has 0 fully saturated rings. The second kappa shape index (κ2) is 7.33. The van der Waals surface area contributed by atoms with E-state index < -0.39 is 5.92 Å². The number of allylic oxidation sites excluding steroid dienone is 2. The zero-order chi connectivity index (χ0) is 18.7. The van der Waals surface area contributed by atoms with Gasteiger partial charge in [-0.25, -0.2) is 0 Å². The van der Waals surface area contributed by atoms with Crippen molar-refractivity contribution in [2.24, 2.45) is 11.5 Å². The lowest BCUT2D eigenvalue weighted by Crippen LogP contribution is -2.19. The van der Waals surface area contributed by atoms with E-state index >= 15 is 0 Å². The number of rotatable bonds is 3. The topological polar surface area (TPSA) is 126 Å². The molecule has 128 valence electrons. The first-order valence-electron chi connectivity index (χ1n) is 7.50. The predicted molar refractivity (Wildman–Crippen MR) is 95.4 cm³/mol. The summed E-state index contributed by atoms with van der Waals surface area (Å²) < 4.78 is 5.09. The average Bonchev–Trinajstić information content (AvgIpc) is 2.53. The monoisotopic (exact) mass is 354 g/mol. The van der Waals surface area contributed by atoms with Crippen LogP contribution in [0.2, 0.25) is 0 Å². The van der Waals surface area contributed by atoms with Crippen molar-refractivity contribution in [1.29, 1.82) is 10.5 Å². The summed E-state index contributed by atoms with van der Waals surface area (Å²) in [4.78, 5) is 11.1. The highest BCUT2D eigenvalue weighted by Crippen LogP contribution is 2.44. The lowest BCUT2D eigenvalue weighted by molar-refractivity contribution is -0.142. The molecule has 0 saturated carbocycles. The average molecular weight is 354 g/mol. The molecule has 0 atom stereocenters. The molecule has 1 heterocycles. The normalized spacial score (nSPS) is 14.9. The number of benzene rings is 1. The summed E-state index contributed by atoms with van der Waals surface area (Å²) in [6.45, 7) is 5.28. The van der Waals surface area contributed by atoms with E-state index in [1.54, 1.807) is 0 Å². The number of nitrogens with two attached hydrogens (primary N) is 2. The van der Waals surface area contributed by atoms with Gasteiger partial charge in [-0.3, -0.25) is 4.79 Å². The summed E-state index contributed by atoms with van der Waals surface area (Å²) >= 11 is 1.03. The van der Waals surface area contributed by atoms with E-state index in [0.717, 1.165) is 34.0 Å². The zero-order valence-electron chi connectivity index (χ0n) is 14.2. The summed E-state index contributed by atoms with van der Waals surface area (Å²) in [6.07, 6.45) is 0. The summed E-state index contributed by atoms with van der Waals surface area (Å²) in [5.74, 6) is -0.993. The van der Waals surface area contributed by atoms with Crippen LogP contribution in [-0.4, -0.2) is 5.97 Å². The molecule has 2 rings (SSSR count). The Morgan fingerprint density at radius 3 is 2.20 bits per heavy atom. The van der Waals surface area contributed by atoms with Crippen LogP contribution in [0.15, 0.2) is 33.3 Å². The van der Waals surface area contributed by atoms with Gasteiger partial charge in [0.15, 0.2) is 0 Å². The second-order valence-electron chi connectivity index (χ2n) is 5.73. The van der Waals surface area contributed by atoms with Gasteiger partial charge in [0.05, 0.1) is 39.3 Å². The Morgan fingerprint density at radius 1 is 1.16 bits per heavy atom. The van der Waals surface area contributed by atoms with Crippen molar-refractivity contribution < 1.29 is 9.53 Å². The van der Waals surface area contributed by atoms with E-state index in [1.165, 1.54) is 6.92 Å². The maximum absolute atomic E-state index is 11.1. The lowest BCUT2D eigenvalue weighted by atomic mass is 9.82. The molecule has 1 aromatic carbocycles. The standard InChI is InChI=1S/C18H18N4O2S/c1-9-4-10(2)13(5-12(9)8-24-11(3)23)16-14(6-19)17(21)25-18(22)15(16)7-20/h4-5,16H,8,21-22H2,1-3H3. The maximum atomic E-state index is 11.1. The number of carbonyl (C=O) groups excluding carboxylic acids is 1. The minimum absolute atomic E-state index is 0.123. The fourth-order valence-electron chi connectivity index (χ4n) is 2.77. The Bertz CT molecular complexity index is 852. The number of hydrogen-bond donors (Lipinski definition) is 2. The molecule has 0 amide bonds. The molecule has 1 aliphatic rings. The first kappa shape index (κ1) is 18.4. The number of carbonyl (C=O) groups is 1. The van der Waals surface area contributed by atoms with Crippen LogP contribution in [0, 0.1) is 36.5 Å². The molecule has 0 unspecified atom stereocenters. The molecule has 0 radical (unpaired) electrons. The Morgan fingerprint density at radius 2 is 1.72 bits per heavy atom. The lowest BCUT2D eigenvalue weighted by Gasteiger charge is -2.26. The van der Waals surface area contributed by atoms with Crippen molar-refractivity contribution >= 4 is 17.7 Å². The largest absolute Gasteiger partial charge is 0.461 e. The number of esters is 1. The van der Waals surface area contributed by atoms with Gasteiger partial charge >= 0.3 is 5.97 Å². The van der Waals surface area contributed by atoms with Gasteiger partial charge in [-0.1, -0.05) is 23.9 Å². The van der Waals surface area contributed by atoms with E-state index in [4.69, 9.17) is 16.2 Å². The van der Waals surface area contributed by atoms with Gasteiger partial charge < -0.3 is 16.2 Å². The first-order valence-corrected chi connectivity index (χ1v) is 8.32. The van der Waals surface area contributed by atoms with Crippen molar-refractivity contribution in [3.05, 3.63) is 55.6 Å². The molecule has 0 spiro atoms. The first-order chi connectivity index (χ1) is 11.8. The summed E-state index contributed by atoms with van der Waals surface area (Å²) in [7, 11) is 0. The quantitative estimate of drug-likeness (QED) is 0.799. The molecule has 7 heteroatoms. The van der Waals surface area contributed by atoms with E-state index in [9.17, 15) is 15.3 Å². The van der Waals surface area contributed by atoms with Gasteiger partial charge in [-0.05, 0) is 36.1 Å². The Hall–Kier alpha value is -2.90. The summed E-state index contributed by atoms with van der Waals surface area (Å²) in [5.41, 5.74) is 16.0. The Kier molecular flexibility index (Phi) is 5.41. The van der Waals surface area contributed by atoms with Crippen molar-refractivity contribution in [3.8, 4) is 12.1 Å². The van der Waals surface area contributed by atoms with Crippen molar-refractivity contribution in [1.82, 2.24) is 0 Å². The minimum Gasteiger partial charge on any atom is -0.461 e. The van der Waals surface area contributed by atoms with Crippen LogP contribution in [-0.2, 0) is 16.1 Å². The molecule has 0 aromatic heterocycles. The van der Waals surface area contributed by atoms with E-state index in [-0.39, 0.29) is 12.6 Å². The highest BCUT2D eigenvalue weighted by atomic mass is 32.2. The molecule has 1 aromatic rings. The molecular weight excluding hydrogens is 336 g/mol. The van der Waals surface area contributed by atoms with Gasteiger partial charge in [0.25, 0.3) is 0 Å². The van der Waals surface area contributed by atoms with Crippen LogP contribution in [0.5, 0.6) is 0 Å². The van der Waals surface area contributed by atoms with E-state index in [2.05, 4.69) is 12.1 Å². The molecule has 0 saturated heterocycles. The van der Waals surface area contributed by atoms with Gasteiger partial charge in [-0.2, -0.15) is 10.5 Å². The SMILES string of the molecule is CC(=O)OCc1cc(C2C(C#N)=C(N)SC(N)=C2C#N)c(C)cc1C. The molecular formula is C18H18N4O2S. The molecule has 6 nitrogen and oxygen atoms in total. The highest BCUT2D eigenvalue weighted by Gasteiger charge is 2.32.